The van der Waals surface area contributed by atoms with Crippen LogP contribution < -0.4 is 10.1 Å². The molecule has 1 heterocycles. The molecule has 0 aliphatic heterocycles. The third-order valence-corrected chi connectivity index (χ3v) is 4.45. The molecule has 7 heteroatoms. The van der Waals surface area contributed by atoms with Crippen molar-refractivity contribution in [3.63, 3.8) is 0 Å². The number of benzene rings is 2. The zero-order valence-electron chi connectivity index (χ0n) is 17.5. The van der Waals surface area contributed by atoms with Crippen molar-refractivity contribution in [3.05, 3.63) is 102 Å². The number of esters is 1. The zero-order chi connectivity index (χ0) is 22.8. The van der Waals surface area contributed by atoms with E-state index in [-0.39, 0.29) is 12.4 Å². The van der Waals surface area contributed by atoms with Gasteiger partial charge in [0.15, 0.2) is 6.10 Å². The number of amides is 1. The van der Waals surface area contributed by atoms with E-state index in [9.17, 15) is 14.0 Å². The molecular formula is C25H23FN2O4. The molecule has 0 spiro atoms. The molecule has 0 bridgehead atoms. The lowest BCUT2D eigenvalue weighted by Gasteiger charge is -2.12. The number of aromatic nitrogens is 1. The van der Waals surface area contributed by atoms with Crippen LogP contribution in [0.15, 0.2) is 79.0 Å². The normalized spacial score (nSPS) is 11.7. The molecule has 164 valence electrons. The number of carbonyl (C=O) groups is 2. The van der Waals surface area contributed by atoms with Gasteiger partial charge < -0.3 is 14.8 Å². The van der Waals surface area contributed by atoms with Crippen molar-refractivity contribution in [2.24, 2.45) is 0 Å². The number of ether oxygens (including phenoxy) is 2. The van der Waals surface area contributed by atoms with Crippen LogP contribution in [0.1, 0.15) is 23.7 Å². The van der Waals surface area contributed by atoms with Gasteiger partial charge in [0, 0.05) is 18.8 Å². The van der Waals surface area contributed by atoms with Crippen molar-refractivity contribution in [2.75, 3.05) is 0 Å². The summed E-state index contributed by atoms with van der Waals surface area (Å²) >= 11 is 0. The Morgan fingerprint density at radius 1 is 1.06 bits per heavy atom. The summed E-state index contributed by atoms with van der Waals surface area (Å²) in [4.78, 5) is 28.3. The quantitative estimate of drug-likeness (QED) is 0.406. The lowest BCUT2D eigenvalue weighted by Crippen LogP contribution is -2.35. The Kier molecular flexibility index (Phi) is 8.09. The fourth-order valence-corrected chi connectivity index (χ4v) is 2.68. The van der Waals surface area contributed by atoms with Crippen LogP contribution in [-0.2, 0) is 27.5 Å². The van der Waals surface area contributed by atoms with E-state index in [1.165, 1.54) is 25.1 Å². The molecule has 0 radical (unpaired) electrons. The molecule has 2 aromatic carbocycles. The monoisotopic (exact) mass is 434 g/mol. The number of nitrogens with zero attached hydrogens (tertiary/aromatic N) is 1. The van der Waals surface area contributed by atoms with Crippen LogP contribution in [0.25, 0.3) is 6.08 Å². The Balaban J connectivity index is 1.42. The van der Waals surface area contributed by atoms with Gasteiger partial charge in [0.05, 0.1) is 5.69 Å². The van der Waals surface area contributed by atoms with E-state index in [0.717, 1.165) is 16.8 Å². The maximum Gasteiger partial charge on any atom is 0.331 e. The van der Waals surface area contributed by atoms with E-state index in [1.54, 1.807) is 48.7 Å². The molecular weight excluding hydrogens is 411 g/mol. The van der Waals surface area contributed by atoms with Gasteiger partial charge in [-0.15, -0.1) is 0 Å². The Morgan fingerprint density at radius 2 is 1.81 bits per heavy atom. The Hall–Kier alpha value is -4.00. The first-order valence-corrected chi connectivity index (χ1v) is 10.0. The van der Waals surface area contributed by atoms with Crippen LogP contribution in [0.5, 0.6) is 5.75 Å². The minimum atomic E-state index is -0.963. The van der Waals surface area contributed by atoms with Gasteiger partial charge in [-0.1, -0.05) is 30.3 Å². The molecule has 32 heavy (non-hydrogen) atoms. The van der Waals surface area contributed by atoms with Gasteiger partial charge in [-0.05, 0) is 60.5 Å². The highest BCUT2D eigenvalue weighted by Gasteiger charge is 2.16. The van der Waals surface area contributed by atoms with Crippen LogP contribution in [0.3, 0.4) is 0 Å². The summed E-state index contributed by atoms with van der Waals surface area (Å²) in [5, 5.41) is 2.65. The summed E-state index contributed by atoms with van der Waals surface area (Å²) in [6, 6.07) is 18.6. The van der Waals surface area contributed by atoms with Gasteiger partial charge in [0.25, 0.3) is 5.91 Å². The van der Waals surface area contributed by atoms with E-state index in [4.69, 9.17) is 9.47 Å². The van der Waals surface area contributed by atoms with Gasteiger partial charge in [-0.2, -0.15) is 0 Å². The van der Waals surface area contributed by atoms with E-state index in [0.29, 0.717) is 12.4 Å². The highest BCUT2D eigenvalue weighted by Crippen LogP contribution is 2.15. The highest BCUT2D eigenvalue weighted by atomic mass is 19.1. The van der Waals surface area contributed by atoms with Crippen LogP contribution >= 0.6 is 0 Å². The van der Waals surface area contributed by atoms with Crippen LogP contribution in [0.2, 0.25) is 0 Å². The maximum atomic E-state index is 12.9. The third kappa shape index (κ3) is 7.36. The van der Waals surface area contributed by atoms with Gasteiger partial charge >= 0.3 is 5.97 Å². The summed E-state index contributed by atoms with van der Waals surface area (Å²) in [6.45, 7) is 2.06. The van der Waals surface area contributed by atoms with Crippen LogP contribution in [0.4, 0.5) is 4.39 Å². The number of pyridine rings is 1. The summed E-state index contributed by atoms with van der Waals surface area (Å²) in [7, 11) is 0. The summed E-state index contributed by atoms with van der Waals surface area (Å²) in [5.41, 5.74) is 2.35. The lowest BCUT2D eigenvalue weighted by atomic mass is 10.2. The second-order valence-electron chi connectivity index (χ2n) is 6.94. The number of halogens is 1. The second-order valence-corrected chi connectivity index (χ2v) is 6.94. The molecule has 1 unspecified atom stereocenters. The molecule has 1 amide bonds. The highest BCUT2D eigenvalue weighted by molar-refractivity contribution is 5.90. The average Bonchev–Trinajstić information content (AvgIpc) is 2.82. The molecule has 0 saturated carbocycles. The van der Waals surface area contributed by atoms with E-state index in [1.807, 2.05) is 18.2 Å². The van der Waals surface area contributed by atoms with Crippen molar-refractivity contribution in [1.29, 1.82) is 0 Å². The smallest absolute Gasteiger partial charge is 0.331 e. The first-order valence-electron chi connectivity index (χ1n) is 10.0. The van der Waals surface area contributed by atoms with Crippen molar-refractivity contribution in [2.45, 2.75) is 26.2 Å². The lowest BCUT2D eigenvalue weighted by molar-refractivity contribution is -0.150. The molecule has 1 aromatic heterocycles. The van der Waals surface area contributed by atoms with Crippen molar-refractivity contribution < 1.29 is 23.5 Å². The van der Waals surface area contributed by atoms with E-state index in [2.05, 4.69) is 10.3 Å². The molecule has 1 atom stereocenters. The van der Waals surface area contributed by atoms with Gasteiger partial charge in [0.2, 0.25) is 0 Å². The fourth-order valence-electron chi connectivity index (χ4n) is 2.68. The van der Waals surface area contributed by atoms with Crippen LogP contribution in [-0.4, -0.2) is 23.0 Å². The van der Waals surface area contributed by atoms with Crippen molar-refractivity contribution in [1.82, 2.24) is 10.3 Å². The maximum absolute atomic E-state index is 12.9. The fraction of sp³-hybridized carbons (Fsp3) is 0.160. The zero-order valence-corrected chi connectivity index (χ0v) is 17.5. The van der Waals surface area contributed by atoms with E-state index >= 15 is 0 Å². The second kappa shape index (κ2) is 11.4. The molecule has 1 N–H and O–H groups in total. The number of carbonyl (C=O) groups excluding carboxylic acids is 2. The molecule has 0 saturated heterocycles. The average molecular weight is 434 g/mol. The van der Waals surface area contributed by atoms with E-state index < -0.39 is 18.0 Å². The van der Waals surface area contributed by atoms with Gasteiger partial charge in [-0.3, -0.25) is 9.78 Å². The minimum Gasteiger partial charge on any atom is -0.487 e. The Bertz CT molecular complexity index is 1050. The van der Waals surface area contributed by atoms with Gasteiger partial charge in [-0.25, -0.2) is 9.18 Å². The molecule has 0 aliphatic rings. The van der Waals surface area contributed by atoms with Crippen LogP contribution in [0, 0.1) is 5.82 Å². The first kappa shape index (κ1) is 22.7. The first-order chi connectivity index (χ1) is 15.5. The predicted octanol–water partition coefficient (Wildman–Crippen LogP) is 4.06. The largest absolute Gasteiger partial charge is 0.487 e. The number of rotatable bonds is 9. The summed E-state index contributed by atoms with van der Waals surface area (Å²) in [5.74, 6) is -0.738. The third-order valence-electron chi connectivity index (χ3n) is 4.45. The molecule has 3 aromatic rings. The van der Waals surface area contributed by atoms with Crippen molar-refractivity contribution >= 4 is 18.0 Å². The Morgan fingerprint density at radius 3 is 2.50 bits per heavy atom. The van der Waals surface area contributed by atoms with Crippen molar-refractivity contribution in [3.8, 4) is 5.75 Å². The predicted molar refractivity (Wildman–Crippen MR) is 118 cm³/mol. The topological polar surface area (TPSA) is 77.5 Å². The summed E-state index contributed by atoms with van der Waals surface area (Å²) in [6.07, 6.45) is 3.60. The number of hydrogen-bond donors (Lipinski definition) is 1. The number of hydrogen-bond acceptors (Lipinski definition) is 5. The molecule has 0 fully saturated rings. The molecule has 6 nitrogen and oxygen atoms in total. The number of nitrogens with one attached hydrogen (secondary N) is 1. The van der Waals surface area contributed by atoms with Gasteiger partial charge in [0.1, 0.15) is 18.2 Å². The minimum absolute atomic E-state index is 0.214. The molecule has 0 aliphatic carbocycles. The molecule has 3 rings (SSSR count). The SMILES string of the molecule is CC(OC(=O)C=Cc1ccc(OCc2ccccn2)cc1)C(=O)NCc1ccc(F)cc1. The standard InChI is InChI=1S/C25H23FN2O4/c1-18(25(30)28-16-20-5-10-21(26)11-6-20)32-24(29)14-9-19-7-12-23(13-8-19)31-17-22-4-2-3-15-27-22/h2-15,18H,16-17H2,1H3,(H,28,30). The Labute approximate surface area is 185 Å². The summed E-state index contributed by atoms with van der Waals surface area (Å²) < 4.78 is 23.7.